The standard InChI is InChI=1S/C15H23NO/c1-10-8-11(2)14(13(9-10)17-3)15(16)12-6-4-5-7-12/h8-9,12,15H,4-7,16H2,1-3H3. The number of methoxy groups -OCH3 is 1. The summed E-state index contributed by atoms with van der Waals surface area (Å²) in [6.07, 6.45) is 5.17. The van der Waals surface area contributed by atoms with Crippen molar-refractivity contribution in [3.63, 3.8) is 0 Å². The van der Waals surface area contributed by atoms with Crippen LogP contribution in [0, 0.1) is 19.8 Å². The molecule has 0 bridgehead atoms. The SMILES string of the molecule is COc1cc(C)cc(C)c1C(N)C1CCCC1. The van der Waals surface area contributed by atoms with E-state index in [1.807, 2.05) is 0 Å². The maximum Gasteiger partial charge on any atom is 0.124 e. The van der Waals surface area contributed by atoms with Crippen molar-refractivity contribution in [1.82, 2.24) is 0 Å². The van der Waals surface area contributed by atoms with E-state index in [1.165, 1.54) is 42.4 Å². The van der Waals surface area contributed by atoms with Crippen molar-refractivity contribution in [2.24, 2.45) is 11.7 Å². The molecular formula is C15H23NO. The van der Waals surface area contributed by atoms with Gasteiger partial charge in [0.1, 0.15) is 5.75 Å². The highest BCUT2D eigenvalue weighted by atomic mass is 16.5. The van der Waals surface area contributed by atoms with Gasteiger partial charge in [0.05, 0.1) is 7.11 Å². The predicted octanol–water partition coefficient (Wildman–Crippen LogP) is 3.50. The molecule has 0 aromatic heterocycles. The molecule has 2 heteroatoms. The first kappa shape index (κ1) is 12.4. The molecule has 2 nitrogen and oxygen atoms in total. The van der Waals surface area contributed by atoms with E-state index >= 15 is 0 Å². The molecule has 0 aliphatic heterocycles. The van der Waals surface area contributed by atoms with Crippen molar-refractivity contribution in [3.8, 4) is 5.75 Å². The van der Waals surface area contributed by atoms with Crippen molar-refractivity contribution in [3.05, 3.63) is 28.8 Å². The number of benzene rings is 1. The molecule has 0 radical (unpaired) electrons. The Balaban J connectivity index is 2.35. The van der Waals surface area contributed by atoms with E-state index in [0.29, 0.717) is 5.92 Å². The van der Waals surface area contributed by atoms with Crippen LogP contribution in [0.15, 0.2) is 12.1 Å². The van der Waals surface area contributed by atoms with E-state index in [9.17, 15) is 0 Å². The first-order chi connectivity index (χ1) is 8.13. The Labute approximate surface area is 104 Å². The lowest BCUT2D eigenvalue weighted by Gasteiger charge is -2.24. The van der Waals surface area contributed by atoms with Crippen LogP contribution in [0.1, 0.15) is 48.4 Å². The first-order valence-electron chi connectivity index (χ1n) is 6.54. The molecule has 1 aliphatic carbocycles. The van der Waals surface area contributed by atoms with Crippen LogP contribution in [0.5, 0.6) is 5.75 Å². The maximum absolute atomic E-state index is 6.45. The van der Waals surface area contributed by atoms with Gasteiger partial charge in [-0.15, -0.1) is 0 Å². The van der Waals surface area contributed by atoms with Gasteiger partial charge in [-0.25, -0.2) is 0 Å². The average Bonchev–Trinajstić information content (AvgIpc) is 2.80. The average molecular weight is 233 g/mol. The summed E-state index contributed by atoms with van der Waals surface area (Å²) >= 11 is 0. The van der Waals surface area contributed by atoms with Crippen LogP contribution in [0.3, 0.4) is 0 Å². The number of ether oxygens (including phenoxy) is 1. The third-order valence-electron chi connectivity index (χ3n) is 3.95. The lowest BCUT2D eigenvalue weighted by Crippen LogP contribution is -2.21. The highest BCUT2D eigenvalue weighted by Crippen LogP contribution is 2.39. The maximum atomic E-state index is 6.45. The summed E-state index contributed by atoms with van der Waals surface area (Å²) in [4.78, 5) is 0. The second-order valence-corrected chi connectivity index (χ2v) is 5.27. The smallest absolute Gasteiger partial charge is 0.124 e. The molecule has 1 unspecified atom stereocenters. The van der Waals surface area contributed by atoms with Crippen LogP contribution >= 0.6 is 0 Å². The second-order valence-electron chi connectivity index (χ2n) is 5.27. The lowest BCUT2D eigenvalue weighted by atomic mass is 9.88. The largest absolute Gasteiger partial charge is 0.496 e. The summed E-state index contributed by atoms with van der Waals surface area (Å²) in [5, 5.41) is 0. The zero-order chi connectivity index (χ0) is 12.4. The van der Waals surface area contributed by atoms with Crippen molar-refractivity contribution in [1.29, 1.82) is 0 Å². The molecule has 94 valence electrons. The Kier molecular flexibility index (Phi) is 3.72. The molecule has 1 saturated carbocycles. The summed E-state index contributed by atoms with van der Waals surface area (Å²) in [5.41, 5.74) is 10.2. The minimum Gasteiger partial charge on any atom is -0.496 e. The minimum absolute atomic E-state index is 0.132. The normalized spacial score (nSPS) is 18.4. The fraction of sp³-hybridized carbons (Fsp3) is 0.600. The Morgan fingerprint density at radius 3 is 2.47 bits per heavy atom. The number of nitrogens with two attached hydrogens (primary N) is 1. The van der Waals surface area contributed by atoms with Gasteiger partial charge >= 0.3 is 0 Å². The first-order valence-corrected chi connectivity index (χ1v) is 6.54. The Hall–Kier alpha value is -1.02. The van der Waals surface area contributed by atoms with Gasteiger partial charge in [-0.3, -0.25) is 0 Å². The summed E-state index contributed by atoms with van der Waals surface area (Å²) in [5.74, 6) is 1.59. The summed E-state index contributed by atoms with van der Waals surface area (Å²) in [6.45, 7) is 4.24. The Morgan fingerprint density at radius 2 is 1.88 bits per heavy atom. The topological polar surface area (TPSA) is 35.2 Å². The fourth-order valence-corrected chi connectivity index (χ4v) is 3.09. The lowest BCUT2D eigenvalue weighted by molar-refractivity contribution is 0.384. The van der Waals surface area contributed by atoms with Crippen molar-refractivity contribution in [2.75, 3.05) is 7.11 Å². The van der Waals surface area contributed by atoms with Crippen molar-refractivity contribution < 1.29 is 4.74 Å². The molecule has 1 fully saturated rings. The number of rotatable bonds is 3. The van der Waals surface area contributed by atoms with Crippen LogP contribution in [0.25, 0.3) is 0 Å². The van der Waals surface area contributed by atoms with E-state index in [0.717, 1.165) is 5.75 Å². The summed E-state index contributed by atoms with van der Waals surface area (Å²) < 4.78 is 5.51. The number of hydrogen-bond acceptors (Lipinski definition) is 2. The summed E-state index contributed by atoms with van der Waals surface area (Å²) in [6, 6.07) is 4.43. The molecule has 0 heterocycles. The zero-order valence-corrected chi connectivity index (χ0v) is 11.1. The molecular weight excluding hydrogens is 210 g/mol. The molecule has 0 amide bonds. The van der Waals surface area contributed by atoms with Crippen molar-refractivity contribution >= 4 is 0 Å². The quantitative estimate of drug-likeness (QED) is 0.867. The van der Waals surface area contributed by atoms with Crippen LogP contribution in [0.2, 0.25) is 0 Å². The van der Waals surface area contributed by atoms with Gasteiger partial charge in [0, 0.05) is 11.6 Å². The predicted molar refractivity (Wildman–Crippen MR) is 71.4 cm³/mol. The number of aryl methyl sites for hydroxylation is 2. The zero-order valence-electron chi connectivity index (χ0n) is 11.1. The Morgan fingerprint density at radius 1 is 1.24 bits per heavy atom. The third-order valence-corrected chi connectivity index (χ3v) is 3.95. The van der Waals surface area contributed by atoms with Crippen LogP contribution in [-0.4, -0.2) is 7.11 Å². The third kappa shape index (κ3) is 2.47. The molecule has 0 spiro atoms. The molecule has 1 atom stereocenters. The second kappa shape index (κ2) is 5.09. The van der Waals surface area contributed by atoms with E-state index in [1.54, 1.807) is 7.11 Å². The van der Waals surface area contributed by atoms with E-state index in [-0.39, 0.29) is 6.04 Å². The Bertz CT molecular complexity index is 394. The van der Waals surface area contributed by atoms with Gasteiger partial charge in [-0.2, -0.15) is 0 Å². The van der Waals surface area contributed by atoms with Gasteiger partial charge in [-0.05, 0) is 49.8 Å². The van der Waals surface area contributed by atoms with E-state index in [4.69, 9.17) is 10.5 Å². The highest BCUT2D eigenvalue weighted by Gasteiger charge is 2.26. The molecule has 1 aromatic carbocycles. The van der Waals surface area contributed by atoms with Gasteiger partial charge < -0.3 is 10.5 Å². The van der Waals surface area contributed by atoms with Crippen LogP contribution in [0.4, 0.5) is 0 Å². The van der Waals surface area contributed by atoms with Crippen LogP contribution < -0.4 is 10.5 Å². The van der Waals surface area contributed by atoms with Gasteiger partial charge in [0.15, 0.2) is 0 Å². The van der Waals surface area contributed by atoms with Gasteiger partial charge in [-0.1, -0.05) is 18.9 Å². The van der Waals surface area contributed by atoms with Crippen LogP contribution in [-0.2, 0) is 0 Å². The highest BCUT2D eigenvalue weighted by molar-refractivity contribution is 5.45. The molecule has 2 N–H and O–H groups in total. The van der Waals surface area contributed by atoms with E-state index in [2.05, 4.69) is 26.0 Å². The molecule has 0 saturated heterocycles. The molecule has 17 heavy (non-hydrogen) atoms. The monoisotopic (exact) mass is 233 g/mol. The number of hydrogen-bond donors (Lipinski definition) is 1. The summed E-state index contributed by atoms with van der Waals surface area (Å²) in [7, 11) is 1.74. The van der Waals surface area contributed by atoms with Crippen molar-refractivity contribution in [2.45, 2.75) is 45.6 Å². The fourth-order valence-electron chi connectivity index (χ4n) is 3.09. The van der Waals surface area contributed by atoms with Gasteiger partial charge in [0.2, 0.25) is 0 Å². The van der Waals surface area contributed by atoms with E-state index < -0.39 is 0 Å². The molecule has 1 aliphatic rings. The minimum atomic E-state index is 0.132. The molecule has 1 aromatic rings. The van der Waals surface area contributed by atoms with Gasteiger partial charge in [0.25, 0.3) is 0 Å². The molecule has 2 rings (SSSR count).